The lowest BCUT2D eigenvalue weighted by Crippen LogP contribution is -2.11. The Labute approximate surface area is 72.2 Å². The molecule has 1 rings (SSSR count). The molecule has 0 spiro atoms. The summed E-state index contributed by atoms with van der Waals surface area (Å²) in [6, 6.07) is 0.256. The minimum Gasteiger partial charge on any atom is -0.368 e. The van der Waals surface area contributed by atoms with Crippen LogP contribution >= 0.6 is 0 Å². The van der Waals surface area contributed by atoms with E-state index in [0.717, 1.165) is 0 Å². The van der Waals surface area contributed by atoms with Gasteiger partial charge in [0, 0.05) is 14.1 Å². The van der Waals surface area contributed by atoms with Crippen molar-refractivity contribution in [2.45, 2.75) is 19.9 Å². The molecule has 0 atom stereocenters. The van der Waals surface area contributed by atoms with Gasteiger partial charge in [-0.3, -0.25) is 0 Å². The summed E-state index contributed by atoms with van der Waals surface area (Å²) in [4.78, 5) is 5.92. The molecule has 0 aromatic carbocycles. The molecular weight excluding hydrogens is 154 g/mol. The van der Waals surface area contributed by atoms with E-state index in [2.05, 4.69) is 10.1 Å². The second-order valence-electron chi connectivity index (χ2n) is 3.20. The Morgan fingerprint density at radius 1 is 1.42 bits per heavy atom. The Bertz CT molecular complexity index is 263. The monoisotopic (exact) mass is 169 g/mol. The Balaban J connectivity index is 3.00. The average molecular weight is 169 g/mol. The van der Waals surface area contributed by atoms with Gasteiger partial charge in [-0.05, 0) is 13.8 Å². The van der Waals surface area contributed by atoms with Gasteiger partial charge in [-0.1, -0.05) is 0 Å². The van der Waals surface area contributed by atoms with Crippen molar-refractivity contribution >= 4 is 11.9 Å². The first-order chi connectivity index (χ1) is 5.52. The highest BCUT2D eigenvalue weighted by molar-refractivity contribution is 5.33. The second kappa shape index (κ2) is 3.00. The Morgan fingerprint density at radius 3 is 2.25 bits per heavy atom. The predicted octanol–water partition coefficient (Wildman–Crippen LogP) is 0.507. The molecule has 0 fully saturated rings. The van der Waals surface area contributed by atoms with Crippen molar-refractivity contribution in [3.63, 3.8) is 0 Å². The maximum Gasteiger partial charge on any atom is 0.246 e. The highest BCUT2D eigenvalue weighted by Gasteiger charge is 2.09. The number of aromatic nitrogens is 3. The Hall–Kier alpha value is -1.26. The molecule has 1 heterocycles. The van der Waals surface area contributed by atoms with Crippen LogP contribution in [-0.4, -0.2) is 28.9 Å². The van der Waals surface area contributed by atoms with Crippen LogP contribution < -0.4 is 10.6 Å². The van der Waals surface area contributed by atoms with Gasteiger partial charge in [0.2, 0.25) is 11.9 Å². The first-order valence-corrected chi connectivity index (χ1v) is 3.91. The fraction of sp³-hybridized carbons (Fsp3) is 0.714. The molecule has 0 saturated carbocycles. The van der Waals surface area contributed by atoms with Crippen LogP contribution in [0.25, 0.3) is 0 Å². The molecule has 0 bridgehead atoms. The van der Waals surface area contributed by atoms with E-state index in [1.807, 2.05) is 32.8 Å². The number of hydrogen-bond acceptors (Lipinski definition) is 4. The van der Waals surface area contributed by atoms with Crippen LogP contribution in [0.5, 0.6) is 0 Å². The Kier molecular flexibility index (Phi) is 2.21. The summed E-state index contributed by atoms with van der Waals surface area (Å²) >= 11 is 0. The van der Waals surface area contributed by atoms with Gasteiger partial charge in [0.1, 0.15) is 0 Å². The zero-order valence-corrected chi connectivity index (χ0v) is 7.94. The summed E-state index contributed by atoms with van der Waals surface area (Å²) in [5.41, 5.74) is 5.64. The van der Waals surface area contributed by atoms with E-state index in [-0.39, 0.29) is 6.04 Å². The van der Waals surface area contributed by atoms with E-state index in [4.69, 9.17) is 5.73 Å². The van der Waals surface area contributed by atoms with E-state index in [1.54, 1.807) is 4.68 Å². The molecule has 0 saturated heterocycles. The van der Waals surface area contributed by atoms with Crippen LogP contribution in [0.1, 0.15) is 19.9 Å². The molecular formula is C7H15N5. The smallest absolute Gasteiger partial charge is 0.246 e. The summed E-state index contributed by atoms with van der Waals surface area (Å²) in [6.07, 6.45) is 0. The van der Waals surface area contributed by atoms with Crippen LogP contribution in [0.4, 0.5) is 11.9 Å². The summed E-state index contributed by atoms with van der Waals surface area (Å²) in [7, 11) is 3.78. The first-order valence-electron chi connectivity index (χ1n) is 3.91. The van der Waals surface area contributed by atoms with Crippen molar-refractivity contribution in [3.05, 3.63) is 0 Å². The van der Waals surface area contributed by atoms with Crippen LogP contribution in [0.2, 0.25) is 0 Å². The minimum atomic E-state index is 0.256. The van der Waals surface area contributed by atoms with Gasteiger partial charge in [0.15, 0.2) is 0 Å². The molecule has 68 valence electrons. The molecule has 0 aliphatic carbocycles. The number of anilines is 2. The largest absolute Gasteiger partial charge is 0.368 e. The lowest BCUT2D eigenvalue weighted by Gasteiger charge is -2.06. The van der Waals surface area contributed by atoms with E-state index in [9.17, 15) is 0 Å². The van der Waals surface area contributed by atoms with Gasteiger partial charge in [-0.15, -0.1) is 5.10 Å². The summed E-state index contributed by atoms with van der Waals surface area (Å²) in [6.45, 7) is 4.04. The Morgan fingerprint density at radius 2 is 2.00 bits per heavy atom. The predicted molar refractivity (Wildman–Crippen MR) is 49.1 cm³/mol. The summed E-state index contributed by atoms with van der Waals surface area (Å²) < 4.78 is 1.70. The molecule has 0 unspecified atom stereocenters. The zero-order chi connectivity index (χ0) is 9.30. The number of nitrogens with zero attached hydrogens (tertiary/aromatic N) is 4. The third kappa shape index (κ3) is 1.49. The number of nitrogen functional groups attached to an aromatic ring is 1. The molecule has 2 N–H and O–H groups in total. The van der Waals surface area contributed by atoms with Gasteiger partial charge >= 0.3 is 0 Å². The van der Waals surface area contributed by atoms with Gasteiger partial charge < -0.3 is 10.6 Å². The van der Waals surface area contributed by atoms with Gasteiger partial charge in [-0.2, -0.15) is 4.98 Å². The van der Waals surface area contributed by atoms with Crippen LogP contribution in [-0.2, 0) is 0 Å². The number of rotatable bonds is 2. The summed E-state index contributed by atoms with van der Waals surface area (Å²) in [5.74, 6) is 1.12. The average Bonchev–Trinajstić information content (AvgIpc) is 2.30. The highest BCUT2D eigenvalue weighted by Crippen LogP contribution is 2.12. The third-order valence-corrected chi connectivity index (χ3v) is 1.54. The van der Waals surface area contributed by atoms with Crippen LogP contribution in [0.3, 0.4) is 0 Å². The van der Waals surface area contributed by atoms with Gasteiger partial charge in [-0.25, -0.2) is 4.68 Å². The van der Waals surface area contributed by atoms with E-state index >= 15 is 0 Å². The van der Waals surface area contributed by atoms with Crippen molar-refractivity contribution in [3.8, 4) is 0 Å². The molecule has 1 aromatic rings. The summed E-state index contributed by atoms with van der Waals surface area (Å²) in [5, 5.41) is 4.22. The molecule has 0 radical (unpaired) electrons. The third-order valence-electron chi connectivity index (χ3n) is 1.54. The first kappa shape index (κ1) is 8.83. The maximum absolute atomic E-state index is 5.64. The van der Waals surface area contributed by atoms with Crippen molar-refractivity contribution < 1.29 is 0 Å². The fourth-order valence-electron chi connectivity index (χ4n) is 0.893. The molecule has 12 heavy (non-hydrogen) atoms. The molecule has 0 aliphatic heterocycles. The molecule has 0 amide bonds. The zero-order valence-electron chi connectivity index (χ0n) is 7.94. The maximum atomic E-state index is 5.64. The van der Waals surface area contributed by atoms with Crippen molar-refractivity contribution in [2.24, 2.45) is 0 Å². The SMILES string of the molecule is CC(C)n1nc(N(C)C)nc1N. The molecule has 5 heteroatoms. The second-order valence-corrected chi connectivity index (χ2v) is 3.20. The number of nitrogens with two attached hydrogens (primary N) is 1. The number of hydrogen-bond donors (Lipinski definition) is 1. The van der Waals surface area contributed by atoms with Crippen LogP contribution in [0, 0.1) is 0 Å². The molecule has 5 nitrogen and oxygen atoms in total. The van der Waals surface area contributed by atoms with E-state index < -0.39 is 0 Å². The minimum absolute atomic E-state index is 0.256. The van der Waals surface area contributed by atoms with Crippen molar-refractivity contribution in [1.29, 1.82) is 0 Å². The quantitative estimate of drug-likeness (QED) is 0.700. The standard InChI is InChI=1S/C7H15N5/c1-5(2)12-6(8)9-7(10-12)11(3)4/h5H,1-4H3,(H2,8,9,10). The lowest BCUT2D eigenvalue weighted by atomic mass is 10.4. The van der Waals surface area contributed by atoms with Gasteiger partial charge in [0.25, 0.3) is 0 Å². The normalized spacial score (nSPS) is 10.8. The van der Waals surface area contributed by atoms with E-state index in [0.29, 0.717) is 11.9 Å². The van der Waals surface area contributed by atoms with E-state index in [1.165, 1.54) is 0 Å². The highest BCUT2D eigenvalue weighted by atomic mass is 15.4. The van der Waals surface area contributed by atoms with Crippen molar-refractivity contribution in [2.75, 3.05) is 24.7 Å². The molecule has 1 aromatic heterocycles. The molecule has 0 aliphatic rings. The van der Waals surface area contributed by atoms with Crippen molar-refractivity contribution in [1.82, 2.24) is 14.8 Å². The fourth-order valence-corrected chi connectivity index (χ4v) is 0.893. The van der Waals surface area contributed by atoms with Gasteiger partial charge in [0.05, 0.1) is 6.04 Å². The topological polar surface area (TPSA) is 60.0 Å². The lowest BCUT2D eigenvalue weighted by molar-refractivity contribution is 0.539. The van der Waals surface area contributed by atoms with Crippen LogP contribution in [0.15, 0.2) is 0 Å².